The number of methoxy groups -OCH3 is 2. The number of fused-ring (bicyclic) bond motifs is 2. The molecule has 0 unspecified atom stereocenters. The van der Waals surface area contributed by atoms with Crippen molar-refractivity contribution in [2.75, 3.05) is 14.2 Å². The Morgan fingerprint density at radius 2 is 0.962 bits per heavy atom. The van der Waals surface area contributed by atoms with Crippen molar-refractivity contribution in [2.45, 2.75) is 0 Å². The van der Waals surface area contributed by atoms with E-state index in [1.54, 1.807) is 14.2 Å². The quantitative estimate of drug-likeness (QED) is 0.476. The van der Waals surface area contributed by atoms with Gasteiger partial charge in [-0.05, 0) is 57.9 Å². The summed E-state index contributed by atoms with van der Waals surface area (Å²) in [5.74, 6) is 1.63. The molecular formula is C23H18O3. The van der Waals surface area contributed by atoms with Gasteiger partial charge in [-0.15, -0.1) is 0 Å². The molecule has 0 aliphatic heterocycles. The highest BCUT2D eigenvalue weighted by atomic mass is 16.5. The number of ether oxygens (including phenoxy) is 2. The van der Waals surface area contributed by atoms with Gasteiger partial charge in [0, 0.05) is 11.1 Å². The van der Waals surface area contributed by atoms with Crippen LogP contribution in [0.2, 0.25) is 0 Å². The molecule has 0 radical (unpaired) electrons. The lowest BCUT2D eigenvalue weighted by atomic mass is 9.98. The van der Waals surface area contributed by atoms with Crippen LogP contribution in [-0.4, -0.2) is 20.0 Å². The van der Waals surface area contributed by atoms with Crippen molar-refractivity contribution < 1.29 is 14.3 Å². The molecule has 0 saturated heterocycles. The van der Waals surface area contributed by atoms with Gasteiger partial charge in [0.25, 0.3) is 0 Å². The maximum Gasteiger partial charge on any atom is 0.193 e. The van der Waals surface area contributed by atoms with E-state index in [1.807, 2.05) is 72.8 Å². The number of carbonyl (C=O) groups excluding carboxylic acids is 1. The van der Waals surface area contributed by atoms with Gasteiger partial charge in [0.1, 0.15) is 11.5 Å². The summed E-state index contributed by atoms with van der Waals surface area (Å²) < 4.78 is 10.5. The fourth-order valence-electron chi connectivity index (χ4n) is 3.15. The highest BCUT2D eigenvalue weighted by Crippen LogP contribution is 2.25. The average molecular weight is 342 g/mol. The highest BCUT2D eigenvalue weighted by molar-refractivity contribution is 6.12. The summed E-state index contributed by atoms with van der Waals surface area (Å²) in [5.41, 5.74) is 1.35. The van der Waals surface area contributed by atoms with Crippen LogP contribution < -0.4 is 9.47 Å². The van der Waals surface area contributed by atoms with E-state index in [1.165, 1.54) is 0 Å². The lowest BCUT2D eigenvalue weighted by molar-refractivity contribution is 0.103. The Labute approximate surface area is 151 Å². The van der Waals surface area contributed by atoms with Gasteiger partial charge in [-0.25, -0.2) is 0 Å². The Bertz CT molecular complexity index is 1040. The molecule has 0 bridgehead atoms. The van der Waals surface area contributed by atoms with E-state index in [2.05, 4.69) is 0 Å². The topological polar surface area (TPSA) is 35.5 Å². The third-order valence-corrected chi connectivity index (χ3v) is 4.62. The first-order chi connectivity index (χ1) is 12.7. The van der Waals surface area contributed by atoms with Crippen LogP contribution in [0, 0.1) is 0 Å². The van der Waals surface area contributed by atoms with Crippen LogP contribution in [0.4, 0.5) is 0 Å². The van der Waals surface area contributed by atoms with E-state index in [0.717, 1.165) is 33.0 Å². The van der Waals surface area contributed by atoms with Crippen LogP contribution in [0.3, 0.4) is 0 Å². The molecule has 0 atom stereocenters. The molecular weight excluding hydrogens is 324 g/mol. The second kappa shape index (κ2) is 6.52. The lowest BCUT2D eigenvalue weighted by Gasteiger charge is -2.07. The standard InChI is InChI=1S/C23H18O3/c1-25-21-9-7-15-11-19(5-3-17(15)13-21)23(24)20-6-4-18-14-22(26-2)10-8-16(18)12-20/h3-14H,1-2H3. The van der Waals surface area contributed by atoms with Crippen molar-refractivity contribution in [2.24, 2.45) is 0 Å². The number of ketones is 1. The molecule has 4 aromatic carbocycles. The highest BCUT2D eigenvalue weighted by Gasteiger charge is 2.11. The maximum absolute atomic E-state index is 12.9. The van der Waals surface area contributed by atoms with Gasteiger partial charge in [0.05, 0.1) is 14.2 Å². The Morgan fingerprint density at radius 3 is 1.38 bits per heavy atom. The number of benzene rings is 4. The van der Waals surface area contributed by atoms with Crippen LogP contribution in [0.5, 0.6) is 11.5 Å². The summed E-state index contributed by atoms with van der Waals surface area (Å²) in [7, 11) is 3.29. The molecule has 4 aromatic rings. The van der Waals surface area contributed by atoms with Gasteiger partial charge in [0.15, 0.2) is 5.78 Å². The van der Waals surface area contributed by atoms with Crippen LogP contribution in [0.15, 0.2) is 72.8 Å². The predicted octanol–water partition coefficient (Wildman–Crippen LogP) is 5.24. The molecule has 0 saturated carbocycles. The van der Waals surface area contributed by atoms with Crippen molar-refractivity contribution >= 4 is 27.3 Å². The number of hydrogen-bond donors (Lipinski definition) is 0. The fourth-order valence-corrected chi connectivity index (χ4v) is 3.15. The monoisotopic (exact) mass is 342 g/mol. The molecule has 0 spiro atoms. The van der Waals surface area contributed by atoms with Crippen molar-refractivity contribution in [1.82, 2.24) is 0 Å². The third kappa shape index (κ3) is 2.88. The Hall–Kier alpha value is -3.33. The van der Waals surface area contributed by atoms with Gasteiger partial charge in [-0.3, -0.25) is 4.79 Å². The van der Waals surface area contributed by atoms with E-state index < -0.39 is 0 Å². The molecule has 128 valence electrons. The van der Waals surface area contributed by atoms with E-state index in [4.69, 9.17) is 9.47 Å². The summed E-state index contributed by atoms with van der Waals surface area (Å²) >= 11 is 0. The molecule has 0 N–H and O–H groups in total. The Balaban J connectivity index is 1.72. The largest absolute Gasteiger partial charge is 0.497 e. The molecule has 26 heavy (non-hydrogen) atoms. The van der Waals surface area contributed by atoms with Crippen molar-refractivity contribution in [1.29, 1.82) is 0 Å². The van der Waals surface area contributed by atoms with E-state index in [-0.39, 0.29) is 5.78 Å². The minimum Gasteiger partial charge on any atom is -0.497 e. The summed E-state index contributed by atoms with van der Waals surface area (Å²) in [6, 6.07) is 23.2. The predicted molar refractivity (Wildman–Crippen MR) is 104 cm³/mol. The Morgan fingerprint density at radius 1 is 0.577 bits per heavy atom. The van der Waals surface area contributed by atoms with E-state index in [0.29, 0.717) is 11.1 Å². The average Bonchev–Trinajstić information content (AvgIpc) is 2.71. The van der Waals surface area contributed by atoms with Gasteiger partial charge < -0.3 is 9.47 Å². The van der Waals surface area contributed by atoms with Gasteiger partial charge in [0.2, 0.25) is 0 Å². The smallest absolute Gasteiger partial charge is 0.193 e. The van der Waals surface area contributed by atoms with Crippen LogP contribution >= 0.6 is 0 Å². The molecule has 4 rings (SSSR count). The first-order valence-electron chi connectivity index (χ1n) is 8.38. The zero-order chi connectivity index (χ0) is 18.1. The first-order valence-corrected chi connectivity index (χ1v) is 8.38. The zero-order valence-corrected chi connectivity index (χ0v) is 14.7. The molecule has 0 aliphatic rings. The molecule has 3 heteroatoms. The third-order valence-electron chi connectivity index (χ3n) is 4.62. The minimum atomic E-state index is 0.0143. The normalized spacial score (nSPS) is 10.8. The van der Waals surface area contributed by atoms with Crippen LogP contribution in [0.25, 0.3) is 21.5 Å². The van der Waals surface area contributed by atoms with Crippen LogP contribution in [-0.2, 0) is 0 Å². The zero-order valence-electron chi connectivity index (χ0n) is 14.7. The fraction of sp³-hybridized carbons (Fsp3) is 0.0870. The molecule has 3 nitrogen and oxygen atoms in total. The molecule has 0 aromatic heterocycles. The van der Waals surface area contributed by atoms with E-state index >= 15 is 0 Å². The van der Waals surface area contributed by atoms with Crippen LogP contribution in [0.1, 0.15) is 15.9 Å². The van der Waals surface area contributed by atoms with Gasteiger partial charge >= 0.3 is 0 Å². The minimum absolute atomic E-state index is 0.0143. The SMILES string of the molecule is COc1ccc2cc(C(=O)c3ccc4cc(OC)ccc4c3)ccc2c1. The summed E-state index contributed by atoms with van der Waals surface area (Å²) in [5, 5.41) is 4.13. The van der Waals surface area contributed by atoms with E-state index in [9.17, 15) is 4.79 Å². The summed E-state index contributed by atoms with van der Waals surface area (Å²) in [6.07, 6.45) is 0. The lowest BCUT2D eigenvalue weighted by Crippen LogP contribution is -2.01. The van der Waals surface area contributed by atoms with Crippen molar-refractivity contribution in [3.63, 3.8) is 0 Å². The first kappa shape index (κ1) is 16.2. The second-order valence-corrected chi connectivity index (χ2v) is 6.18. The number of carbonyl (C=O) groups is 1. The van der Waals surface area contributed by atoms with Crippen molar-refractivity contribution in [3.05, 3.63) is 83.9 Å². The maximum atomic E-state index is 12.9. The number of hydrogen-bond acceptors (Lipinski definition) is 3. The molecule has 0 fully saturated rings. The van der Waals surface area contributed by atoms with Crippen molar-refractivity contribution in [3.8, 4) is 11.5 Å². The summed E-state index contributed by atoms with van der Waals surface area (Å²) in [6.45, 7) is 0. The summed E-state index contributed by atoms with van der Waals surface area (Å²) in [4.78, 5) is 12.9. The molecule has 0 aliphatic carbocycles. The Kier molecular flexibility index (Phi) is 4.05. The molecule has 0 heterocycles. The number of rotatable bonds is 4. The van der Waals surface area contributed by atoms with Gasteiger partial charge in [-0.1, -0.05) is 36.4 Å². The molecule has 0 amide bonds. The second-order valence-electron chi connectivity index (χ2n) is 6.18. The van der Waals surface area contributed by atoms with Gasteiger partial charge in [-0.2, -0.15) is 0 Å².